The van der Waals surface area contributed by atoms with E-state index in [-0.39, 0.29) is 5.92 Å². The van der Waals surface area contributed by atoms with Crippen LogP contribution in [0.3, 0.4) is 0 Å². The number of piperidine rings is 1. The standard InChI is InChI=1S/C22H24N2O3/c1-27-20-9-7-18(8-10-20)21-11-12-24(22(25)26)15-19(21)6-5-16-3-2-4-17(13-16)14-23/h2-4,7-10,13,19,21H,5-6,11-12,15H2,1H3,(H,25,26). The molecule has 140 valence electrons. The Balaban J connectivity index is 1.76. The third-order valence-corrected chi connectivity index (χ3v) is 5.41. The third kappa shape index (κ3) is 4.59. The van der Waals surface area contributed by atoms with E-state index in [1.54, 1.807) is 13.2 Å². The lowest BCUT2D eigenvalue weighted by Gasteiger charge is -2.38. The highest BCUT2D eigenvalue weighted by molar-refractivity contribution is 5.65. The molecule has 2 unspecified atom stereocenters. The molecule has 1 N–H and O–H groups in total. The maximum absolute atomic E-state index is 11.5. The highest BCUT2D eigenvalue weighted by Gasteiger charge is 2.32. The second-order valence-electron chi connectivity index (χ2n) is 7.01. The van der Waals surface area contributed by atoms with Gasteiger partial charge in [0, 0.05) is 13.1 Å². The SMILES string of the molecule is COc1ccc(C2CCN(C(=O)O)CC2CCc2cccc(C#N)c2)cc1. The Labute approximate surface area is 159 Å². The average Bonchev–Trinajstić information content (AvgIpc) is 2.72. The summed E-state index contributed by atoms with van der Waals surface area (Å²) < 4.78 is 5.25. The van der Waals surface area contributed by atoms with Crippen LogP contribution in [0.2, 0.25) is 0 Å². The molecular weight excluding hydrogens is 340 g/mol. The summed E-state index contributed by atoms with van der Waals surface area (Å²) in [6.07, 6.45) is 1.69. The Morgan fingerprint density at radius 2 is 2.07 bits per heavy atom. The first kappa shape index (κ1) is 18.8. The molecule has 0 aliphatic carbocycles. The lowest BCUT2D eigenvalue weighted by atomic mass is 9.77. The molecule has 1 fully saturated rings. The number of hydrogen-bond acceptors (Lipinski definition) is 3. The van der Waals surface area contributed by atoms with Crippen LogP contribution in [-0.4, -0.2) is 36.3 Å². The van der Waals surface area contributed by atoms with E-state index in [1.165, 1.54) is 10.5 Å². The lowest BCUT2D eigenvalue weighted by molar-refractivity contribution is 0.110. The number of amides is 1. The van der Waals surface area contributed by atoms with Crippen molar-refractivity contribution in [3.63, 3.8) is 0 Å². The molecule has 1 heterocycles. The van der Waals surface area contributed by atoms with Gasteiger partial charge in [0.15, 0.2) is 0 Å². The first-order chi connectivity index (χ1) is 13.1. The van der Waals surface area contributed by atoms with Gasteiger partial charge in [-0.25, -0.2) is 4.79 Å². The number of hydrogen-bond donors (Lipinski definition) is 1. The normalized spacial score (nSPS) is 19.3. The van der Waals surface area contributed by atoms with Gasteiger partial charge in [0.2, 0.25) is 0 Å². The molecule has 3 rings (SSSR count). The molecule has 0 bridgehead atoms. The van der Waals surface area contributed by atoms with Crippen LogP contribution < -0.4 is 4.74 Å². The van der Waals surface area contributed by atoms with Crippen molar-refractivity contribution >= 4 is 6.09 Å². The van der Waals surface area contributed by atoms with Gasteiger partial charge in [-0.3, -0.25) is 0 Å². The first-order valence-corrected chi connectivity index (χ1v) is 9.21. The molecule has 2 aromatic carbocycles. The van der Waals surface area contributed by atoms with Gasteiger partial charge in [0.1, 0.15) is 5.75 Å². The molecule has 1 saturated heterocycles. The lowest BCUT2D eigenvalue weighted by Crippen LogP contribution is -2.42. The molecule has 2 aromatic rings. The highest BCUT2D eigenvalue weighted by atomic mass is 16.5. The Hall–Kier alpha value is -3.00. The molecule has 5 heteroatoms. The molecule has 2 atom stereocenters. The number of nitrogens with zero attached hydrogens (tertiary/aromatic N) is 2. The van der Waals surface area contributed by atoms with E-state index >= 15 is 0 Å². The minimum absolute atomic E-state index is 0.244. The molecule has 27 heavy (non-hydrogen) atoms. The van der Waals surface area contributed by atoms with Gasteiger partial charge in [-0.15, -0.1) is 0 Å². The van der Waals surface area contributed by atoms with Gasteiger partial charge in [-0.1, -0.05) is 24.3 Å². The molecule has 1 amide bonds. The van der Waals surface area contributed by atoms with E-state index in [0.29, 0.717) is 24.6 Å². The number of nitriles is 1. The number of methoxy groups -OCH3 is 1. The van der Waals surface area contributed by atoms with E-state index in [0.717, 1.165) is 30.6 Å². The summed E-state index contributed by atoms with van der Waals surface area (Å²) in [4.78, 5) is 13.0. The summed E-state index contributed by atoms with van der Waals surface area (Å²) in [5.41, 5.74) is 3.02. The van der Waals surface area contributed by atoms with Crippen LogP contribution in [-0.2, 0) is 6.42 Å². The van der Waals surface area contributed by atoms with Gasteiger partial charge in [-0.05, 0) is 66.5 Å². The van der Waals surface area contributed by atoms with E-state index in [1.807, 2.05) is 30.3 Å². The Kier molecular flexibility index (Phi) is 5.97. The van der Waals surface area contributed by atoms with E-state index < -0.39 is 6.09 Å². The number of ether oxygens (including phenoxy) is 1. The molecule has 1 aliphatic heterocycles. The van der Waals surface area contributed by atoms with Crippen LogP contribution in [0.25, 0.3) is 0 Å². The first-order valence-electron chi connectivity index (χ1n) is 9.21. The minimum Gasteiger partial charge on any atom is -0.497 e. The van der Waals surface area contributed by atoms with Gasteiger partial charge < -0.3 is 14.7 Å². The maximum atomic E-state index is 11.5. The number of rotatable bonds is 5. The van der Waals surface area contributed by atoms with Crippen molar-refractivity contribution in [2.75, 3.05) is 20.2 Å². The topological polar surface area (TPSA) is 73.6 Å². The van der Waals surface area contributed by atoms with Gasteiger partial charge >= 0.3 is 6.09 Å². The fourth-order valence-electron chi connectivity index (χ4n) is 3.94. The number of benzene rings is 2. The number of carbonyl (C=O) groups is 1. The zero-order valence-corrected chi connectivity index (χ0v) is 15.5. The summed E-state index contributed by atoms with van der Waals surface area (Å²) in [5.74, 6) is 1.39. The second-order valence-corrected chi connectivity index (χ2v) is 7.01. The van der Waals surface area contributed by atoms with Crippen molar-refractivity contribution in [3.8, 4) is 11.8 Å². The molecule has 5 nitrogen and oxygen atoms in total. The zero-order valence-electron chi connectivity index (χ0n) is 15.5. The molecule has 0 radical (unpaired) electrons. The Morgan fingerprint density at radius 3 is 2.74 bits per heavy atom. The van der Waals surface area contributed by atoms with Crippen molar-refractivity contribution in [2.45, 2.75) is 25.2 Å². The average molecular weight is 364 g/mol. The van der Waals surface area contributed by atoms with E-state index in [9.17, 15) is 9.90 Å². The van der Waals surface area contributed by atoms with E-state index in [4.69, 9.17) is 10.00 Å². The summed E-state index contributed by atoms with van der Waals surface area (Å²) in [6.45, 7) is 1.11. The summed E-state index contributed by atoms with van der Waals surface area (Å²) in [7, 11) is 1.65. The Bertz CT molecular complexity index is 826. The summed E-state index contributed by atoms with van der Waals surface area (Å²) in [5, 5.41) is 18.5. The maximum Gasteiger partial charge on any atom is 0.407 e. The van der Waals surface area contributed by atoms with Gasteiger partial charge in [0.25, 0.3) is 0 Å². The fraction of sp³-hybridized carbons (Fsp3) is 0.364. The number of carboxylic acid groups (broad SMARTS) is 1. The molecule has 0 saturated carbocycles. The zero-order chi connectivity index (χ0) is 19.2. The van der Waals surface area contributed by atoms with Crippen molar-refractivity contribution in [3.05, 3.63) is 65.2 Å². The van der Waals surface area contributed by atoms with Crippen LogP contribution in [0.4, 0.5) is 4.79 Å². The van der Waals surface area contributed by atoms with Gasteiger partial charge in [0.05, 0.1) is 18.7 Å². The predicted molar refractivity (Wildman–Crippen MR) is 103 cm³/mol. The highest BCUT2D eigenvalue weighted by Crippen LogP contribution is 2.36. The number of aryl methyl sites for hydroxylation is 1. The smallest absolute Gasteiger partial charge is 0.407 e. The molecule has 0 spiro atoms. The van der Waals surface area contributed by atoms with Crippen LogP contribution in [0, 0.1) is 17.2 Å². The largest absolute Gasteiger partial charge is 0.497 e. The fourth-order valence-corrected chi connectivity index (χ4v) is 3.94. The molecule has 1 aliphatic rings. The monoisotopic (exact) mass is 364 g/mol. The van der Waals surface area contributed by atoms with Crippen molar-refractivity contribution < 1.29 is 14.6 Å². The molecular formula is C22H24N2O3. The minimum atomic E-state index is -0.848. The molecule has 0 aromatic heterocycles. The third-order valence-electron chi connectivity index (χ3n) is 5.41. The van der Waals surface area contributed by atoms with Crippen LogP contribution >= 0.6 is 0 Å². The van der Waals surface area contributed by atoms with Crippen LogP contribution in [0.15, 0.2) is 48.5 Å². The van der Waals surface area contributed by atoms with Crippen molar-refractivity contribution in [1.29, 1.82) is 5.26 Å². The predicted octanol–water partition coefficient (Wildman–Crippen LogP) is 4.28. The van der Waals surface area contributed by atoms with Gasteiger partial charge in [-0.2, -0.15) is 5.26 Å². The summed E-state index contributed by atoms with van der Waals surface area (Å²) >= 11 is 0. The van der Waals surface area contributed by atoms with Crippen molar-refractivity contribution in [2.24, 2.45) is 5.92 Å². The van der Waals surface area contributed by atoms with Crippen LogP contribution in [0.5, 0.6) is 5.75 Å². The summed E-state index contributed by atoms with van der Waals surface area (Å²) in [6, 6.07) is 17.9. The van der Waals surface area contributed by atoms with E-state index in [2.05, 4.69) is 18.2 Å². The number of likely N-dealkylation sites (tertiary alicyclic amines) is 1. The Morgan fingerprint density at radius 1 is 1.30 bits per heavy atom. The van der Waals surface area contributed by atoms with Crippen LogP contribution in [0.1, 0.15) is 35.4 Å². The quantitative estimate of drug-likeness (QED) is 0.859. The van der Waals surface area contributed by atoms with Crippen molar-refractivity contribution in [1.82, 2.24) is 4.90 Å². The second kappa shape index (κ2) is 8.59.